The van der Waals surface area contributed by atoms with E-state index in [2.05, 4.69) is 43.5 Å². The molecule has 0 fully saturated rings. The molecule has 0 saturated heterocycles. The van der Waals surface area contributed by atoms with Gasteiger partial charge in [-0.25, -0.2) is 0 Å². The molecule has 4 aromatic rings. The summed E-state index contributed by atoms with van der Waals surface area (Å²) in [6, 6.07) is 18.0. The number of aromatic nitrogens is 6. The highest BCUT2D eigenvalue weighted by molar-refractivity contribution is 7.98. The van der Waals surface area contributed by atoms with Crippen LogP contribution in [0.1, 0.15) is 18.3 Å². The molecule has 0 atom stereocenters. The van der Waals surface area contributed by atoms with E-state index in [1.54, 1.807) is 6.33 Å². The molecular formula is C20H20N8S. The van der Waals surface area contributed by atoms with Crippen LogP contribution in [0.15, 0.2) is 66.1 Å². The van der Waals surface area contributed by atoms with E-state index in [1.165, 1.54) is 17.3 Å². The lowest BCUT2D eigenvalue weighted by molar-refractivity contribution is 0.880. The van der Waals surface area contributed by atoms with Crippen molar-refractivity contribution in [1.29, 1.82) is 0 Å². The van der Waals surface area contributed by atoms with Crippen LogP contribution in [0.25, 0.3) is 5.69 Å². The molecular weight excluding hydrogens is 384 g/mol. The molecule has 8 nitrogen and oxygen atoms in total. The van der Waals surface area contributed by atoms with E-state index in [4.69, 9.17) is 5.73 Å². The van der Waals surface area contributed by atoms with Gasteiger partial charge < -0.3 is 11.1 Å². The van der Waals surface area contributed by atoms with E-state index in [9.17, 15) is 0 Å². The molecule has 4 rings (SSSR count). The van der Waals surface area contributed by atoms with E-state index in [1.807, 2.05) is 53.1 Å². The minimum Gasteiger partial charge on any atom is -0.368 e. The summed E-state index contributed by atoms with van der Waals surface area (Å²) < 4.78 is 1.92. The smallest absolute Gasteiger partial charge is 0.232 e. The summed E-state index contributed by atoms with van der Waals surface area (Å²) in [4.78, 5) is 13.0. The Morgan fingerprint density at radius 3 is 2.62 bits per heavy atom. The summed E-state index contributed by atoms with van der Waals surface area (Å²) in [6.07, 6.45) is 2.59. The SMILES string of the molecule is CCc1ccccc1Nc1nc(N)nc(CSc2nncn2-c2ccccc2)n1. The average molecular weight is 405 g/mol. The van der Waals surface area contributed by atoms with Crippen LogP contribution in [0.4, 0.5) is 17.6 Å². The summed E-state index contributed by atoms with van der Waals surface area (Å²) >= 11 is 1.49. The Labute approximate surface area is 172 Å². The van der Waals surface area contributed by atoms with Gasteiger partial charge in [-0.1, -0.05) is 55.1 Å². The van der Waals surface area contributed by atoms with E-state index < -0.39 is 0 Å². The molecule has 146 valence electrons. The van der Waals surface area contributed by atoms with E-state index in [0.29, 0.717) is 17.5 Å². The van der Waals surface area contributed by atoms with Gasteiger partial charge in [0.2, 0.25) is 11.9 Å². The minimum atomic E-state index is 0.177. The van der Waals surface area contributed by atoms with Crippen molar-refractivity contribution in [3.05, 3.63) is 72.3 Å². The second-order valence-electron chi connectivity index (χ2n) is 6.18. The number of thioether (sulfide) groups is 1. The summed E-state index contributed by atoms with van der Waals surface area (Å²) in [5, 5.41) is 12.2. The topological polar surface area (TPSA) is 107 Å². The average Bonchev–Trinajstić information content (AvgIpc) is 3.22. The van der Waals surface area contributed by atoms with Crippen LogP contribution in [0.5, 0.6) is 0 Å². The second-order valence-corrected chi connectivity index (χ2v) is 7.12. The van der Waals surface area contributed by atoms with Crippen molar-refractivity contribution in [3.8, 4) is 5.69 Å². The molecule has 0 radical (unpaired) electrons. The van der Waals surface area contributed by atoms with E-state index in [0.717, 1.165) is 23.0 Å². The highest BCUT2D eigenvalue weighted by atomic mass is 32.2. The monoisotopic (exact) mass is 404 g/mol. The van der Waals surface area contributed by atoms with Gasteiger partial charge in [-0.2, -0.15) is 15.0 Å². The van der Waals surface area contributed by atoms with Crippen molar-refractivity contribution in [2.24, 2.45) is 0 Å². The number of benzene rings is 2. The highest BCUT2D eigenvalue weighted by Gasteiger charge is 2.11. The summed E-state index contributed by atoms with van der Waals surface area (Å²) in [7, 11) is 0. The molecule has 0 aliphatic carbocycles. The van der Waals surface area contributed by atoms with Gasteiger partial charge in [-0.05, 0) is 30.2 Å². The predicted octanol–water partition coefficient (Wildman–Crippen LogP) is 3.63. The van der Waals surface area contributed by atoms with Crippen LogP contribution in [-0.2, 0) is 12.2 Å². The Hall–Kier alpha value is -3.46. The summed E-state index contributed by atoms with van der Waals surface area (Å²) in [6.45, 7) is 2.10. The molecule has 2 aromatic heterocycles. The predicted molar refractivity (Wildman–Crippen MR) is 114 cm³/mol. The number of rotatable bonds is 7. The lowest BCUT2D eigenvalue weighted by Crippen LogP contribution is -2.07. The van der Waals surface area contributed by atoms with Crippen molar-refractivity contribution in [1.82, 2.24) is 29.7 Å². The van der Waals surface area contributed by atoms with Crippen molar-refractivity contribution >= 4 is 29.3 Å². The van der Waals surface area contributed by atoms with E-state index in [-0.39, 0.29) is 5.95 Å². The molecule has 0 aliphatic heterocycles. The first-order valence-electron chi connectivity index (χ1n) is 9.16. The number of hydrogen-bond donors (Lipinski definition) is 2. The fourth-order valence-corrected chi connectivity index (χ4v) is 3.63. The van der Waals surface area contributed by atoms with Gasteiger partial charge in [-0.3, -0.25) is 4.57 Å². The first-order chi connectivity index (χ1) is 14.2. The quantitative estimate of drug-likeness (QED) is 0.450. The highest BCUT2D eigenvalue weighted by Crippen LogP contribution is 2.24. The summed E-state index contributed by atoms with van der Waals surface area (Å²) in [5.74, 6) is 1.67. The minimum absolute atomic E-state index is 0.177. The molecule has 0 bridgehead atoms. The Morgan fingerprint density at radius 1 is 1.00 bits per heavy atom. The Kier molecular flexibility index (Phi) is 5.66. The third kappa shape index (κ3) is 4.52. The Balaban J connectivity index is 1.52. The van der Waals surface area contributed by atoms with Crippen molar-refractivity contribution < 1.29 is 0 Å². The van der Waals surface area contributed by atoms with Crippen molar-refractivity contribution in [2.75, 3.05) is 11.1 Å². The maximum absolute atomic E-state index is 5.91. The molecule has 0 aliphatic rings. The molecule has 2 aromatic carbocycles. The largest absolute Gasteiger partial charge is 0.368 e. The molecule has 3 N–H and O–H groups in total. The lowest BCUT2D eigenvalue weighted by atomic mass is 10.1. The summed E-state index contributed by atoms with van der Waals surface area (Å²) in [5.41, 5.74) is 9.04. The zero-order valence-corrected chi connectivity index (χ0v) is 16.7. The number of hydrogen-bond acceptors (Lipinski definition) is 8. The fraction of sp³-hybridized carbons (Fsp3) is 0.150. The molecule has 2 heterocycles. The van der Waals surface area contributed by atoms with Gasteiger partial charge in [0, 0.05) is 11.4 Å². The van der Waals surface area contributed by atoms with Crippen LogP contribution in [0.3, 0.4) is 0 Å². The number of nitrogens with two attached hydrogens (primary N) is 1. The van der Waals surface area contributed by atoms with Crippen molar-refractivity contribution in [2.45, 2.75) is 24.3 Å². The van der Waals surface area contributed by atoms with Crippen LogP contribution in [0.2, 0.25) is 0 Å². The van der Waals surface area contributed by atoms with Gasteiger partial charge in [0.1, 0.15) is 12.2 Å². The van der Waals surface area contributed by atoms with Gasteiger partial charge in [0.15, 0.2) is 5.16 Å². The first-order valence-corrected chi connectivity index (χ1v) is 10.1. The third-order valence-electron chi connectivity index (χ3n) is 4.22. The van der Waals surface area contributed by atoms with Crippen LogP contribution in [0, 0.1) is 0 Å². The lowest BCUT2D eigenvalue weighted by Gasteiger charge is -2.10. The molecule has 0 saturated carbocycles. The zero-order chi connectivity index (χ0) is 20.1. The normalized spacial score (nSPS) is 10.8. The van der Waals surface area contributed by atoms with Gasteiger partial charge in [-0.15, -0.1) is 10.2 Å². The molecule has 29 heavy (non-hydrogen) atoms. The number of para-hydroxylation sites is 2. The van der Waals surface area contributed by atoms with Gasteiger partial charge in [0.05, 0.1) is 5.75 Å². The van der Waals surface area contributed by atoms with E-state index >= 15 is 0 Å². The Bertz CT molecular complexity index is 1100. The Morgan fingerprint density at radius 2 is 1.79 bits per heavy atom. The third-order valence-corrected chi connectivity index (χ3v) is 5.16. The standard InChI is InChI=1S/C20H20N8S/c1-2-14-8-6-7-11-16(14)23-19-25-17(24-18(21)26-19)12-29-20-27-22-13-28(20)15-9-4-3-5-10-15/h3-11,13H,2,12H2,1H3,(H3,21,23,24,25,26). The maximum atomic E-state index is 5.91. The first kappa shape index (κ1) is 18.9. The van der Waals surface area contributed by atoms with Gasteiger partial charge in [0.25, 0.3) is 0 Å². The van der Waals surface area contributed by atoms with Crippen LogP contribution >= 0.6 is 11.8 Å². The molecule has 9 heteroatoms. The molecule has 0 unspecified atom stereocenters. The number of nitrogen functional groups attached to an aromatic ring is 1. The molecule has 0 amide bonds. The van der Waals surface area contributed by atoms with Crippen molar-refractivity contribution in [3.63, 3.8) is 0 Å². The van der Waals surface area contributed by atoms with Crippen LogP contribution in [-0.4, -0.2) is 29.7 Å². The number of anilines is 3. The fourth-order valence-electron chi connectivity index (χ4n) is 2.85. The van der Waals surface area contributed by atoms with Crippen LogP contribution < -0.4 is 11.1 Å². The second kappa shape index (κ2) is 8.70. The number of nitrogens with one attached hydrogen (secondary N) is 1. The number of nitrogens with zero attached hydrogens (tertiary/aromatic N) is 6. The van der Waals surface area contributed by atoms with Gasteiger partial charge >= 0.3 is 0 Å². The maximum Gasteiger partial charge on any atom is 0.232 e. The molecule has 0 spiro atoms. The number of aryl methyl sites for hydroxylation is 1. The zero-order valence-electron chi connectivity index (χ0n) is 15.9.